The van der Waals surface area contributed by atoms with Gasteiger partial charge in [0.2, 0.25) is 0 Å². The highest BCUT2D eigenvalue weighted by Gasteiger charge is 2.36. The van der Waals surface area contributed by atoms with Crippen LogP contribution in [0.2, 0.25) is 0 Å². The summed E-state index contributed by atoms with van der Waals surface area (Å²) in [7, 11) is 4.49. The minimum atomic E-state index is -0.446. The molecule has 2 N–H and O–H groups in total. The second-order valence-corrected chi connectivity index (χ2v) is 6.28. The second kappa shape index (κ2) is 8.64. The smallest absolute Gasteiger partial charge is 0.318 e. The van der Waals surface area contributed by atoms with Crippen molar-refractivity contribution in [2.75, 3.05) is 34.4 Å². The monoisotopic (exact) mass is 388 g/mol. The van der Waals surface area contributed by atoms with Crippen molar-refractivity contribution in [1.82, 2.24) is 20.2 Å². The van der Waals surface area contributed by atoms with Crippen LogP contribution in [0.4, 0.5) is 4.79 Å². The summed E-state index contributed by atoms with van der Waals surface area (Å²) in [6.45, 7) is 0.682. The highest BCUT2D eigenvalue weighted by atomic mass is 16.5. The minimum Gasteiger partial charge on any atom is -0.497 e. The number of hydrogen-bond acceptors (Lipinski definition) is 6. The van der Waals surface area contributed by atoms with Crippen LogP contribution < -0.4 is 14.8 Å². The summed E-state index contributed by atoms with van der Waals surface area (Å²) in [5.74, 6) is 0.915. The molecule has 0 unspecified atom stereocenters. The summed E-state index contributed by atoms with van der Waals surface area (Å²) < 4.78 is 15.5. The summed E-state index contributed by atoms with van der Waals surface area (Å²) in [6.07, 6.45) is 2.39. The van der Waals surface area contributed by atoms with E-state index in [2.05, 4.69) is 20.0 Å². The minimum absolute atomic E-state index is 0.108. The number of imidazole rings is 1. The molecule has 2 amide bonds. The Morgan fingerprint density at radius 1 is 1.29 bits per heavy atom. The normalized spacial score (nSPS) is 15.5. The maximum Gasteiger partial charge on any atom is 0.318 e. The molecule has 2 heterocycles. The molecule has 1 atom stereocenters. The van der Waals surface area contributed by atoms with Gasteiger partial charge in [-0.15, -0.1) is 0 Å². The summed E-state index contributed by atoms with van der Waals surface area (Å²) in [4.78, 5) is 33.5. The van der Waals surface area contributed by atoms with Crippen molar-refractivity contribution in [2.45, 2.75) is 18.9 Å². The van der Waals surface area contributed by atoms with Gasteiger partial charge < -0.3 is 29.4 Å². The molecule has 0 spiro atoms. The first kappa shape index (κ1) is 19.5. The Morgan fingerprint density at radius 3 is 2.82 bits per heavy atom. The number of benzene rings is 1. The number of esters is 1. The average Bonchev–Trinajstić information content (AvgIpc) is 3.21. The molecule has 0 fully saturated rings. The molecule has 0 saturated carbocycles. The number of H-pyrrole nitrogens is 1. The van der Waals surface area contributed by atoms with Gasteiger partial charge in [0, 0.05) is 30.8 Å². The molecule has 0 bridgehead atoms. The van der Waals surface area contributed by atoms with Gasteiger partial charge in [0.25, 0.3) is 0 Å². The number of amides is 2. The van der Waals surface area contributed by atoms with E-state index < -0.39 is 6.04 Å². The summed E-state index contributed by atoms with van der Waals surface area (Å²) in [5, 5.41) is 2.78. The molecular weight excluding hydrogens is 364 g/mol. The van der Waals surface area contributed by atoms with Crippen LogP contribution in [0.15, 0.2) is 24.5 Å². The fraction of sp³-hybridized carbons (Fsp3) is 0.421. The van der Waals surface area contributed by atoms with E-state index in [1.165, 1.54) is 7.11 Å². The first-order valence-electron chi connectivity index (χ1n) is 8.94. The third-order valence-corrected chi connectivity index (χ3v) is 4.75. The number of urea groups is 1. The van der Waals surface area contributed by atoms with Crippen LogP contribution in [0.25, 0.3) is 0 Å². The van der Waals surface area contributed by atoms with Crippen LogP contribution in [-0.4, -0.2) is 61.3 Å². The summed E-state index contributed by atoms with van der Waals surface area (Å²) >= 11 is 0. The first-order valence-corrected chi connectivity index (χ1v) is 8.94. The predicted molar refractivity (Wildman–Crippen MR) is 100 cm³/mol. The number of carbonyl (C=O) groups excluding carboxylic acids is 2. The molecule has 0 aliphatic carbocycles. The Bertz CT molecular complexity index is 851. The van der Waals surface area contributed by atoms with E-state index in [0.717, 1.165) is 17.0 Å². The quantitative estimate of drug-likeness (QED) is 0.729. The van der Waals surface area contributed by atoms with Crippen LogP contribution in [0.3, 0.4) is 0 Å². The number of methoxy groups -OCH3 is 3. The second-order valence-electron chi connectivity index (χ2n) is 6.28. The molecule has 3 rings (SSSR count). The number of aromatic nitrogens is 2. The summed E-state index contributed by atoms with van der Waals surface area (Å²) in [5.41, 5.74) is 2.52. The molecule has 1 aromatic carbocycles. The van der Waals surface area contributed by atoms with Gasteiger partial charge in [-0.05, 0) is 18.2 Å². The van der Waals surface area contributed by atoms with E-state index in [9.17, 15) is 9.59 Å². The molecule has 9 heteroatoms. The van der Waals surface area contributed by atoms with E-state index in [0.29, 0.717) is 24.5 Å². The van der Waals surface area contributed by atoms with E-state index in [1.54, 1.807) is 31.5 Å². The Labute approximate surface area is 163 Å². The number of nitrogens with one attached hydrogen (secondary N) is 2. The zero-order valence-electron chi connectivity index (χ0n) is 16.2. The van der Waals surface area contributed by atoms with Crippen molar-refractivity contribution in [1.29, 1.82) is 0 Å². The lowest BCUT2D eigenvalue weighted by Crippen LogP contribution is -2.46. The molecule has 2 aromatic rings. The van der Waals surface area contributed by atoms with E-state index in [1.807, 2.05) is 12.1 Å². The maximum atomic E-state index is 12.9. The van der Waals surface area contributed by atoms with E-state index >= 15 is 0 Å². The van der Waals surface area contributed by atoms with Crippen molar-refractivity contribution in [3.05, 3.63) is 41.5 Å². The SMILES string of the molecule is COC(=O)CCNC(=O)N1CCc2[nH]cnc2[C@H]1c1cc(OC)ccc1OC. The highest BCUT2D eigenvalue weighted by Crippen LogP contribution is 2.39. The topological polar surface area (TPSA) is 106 Å². The Hall–Kier alpha value is -3.23. The van der Waals surface area contributed by atoms with Gasteiger partial charge in [-0.2, -0.15) is 0 Å². The van der Waals surface area contributed by atoms with Crippen molar-refractivity contribution >= 4 is 12.0 Å². The lowest BCUT2D eigenvalue weighted by Gasteiger charge is -2.35. The Balaban J connectivity index is 1.93. The van der Waals surface area contributed by atoms with E-state index in [-0.39, 0.29) is 25.0 Å². The molecule has 150 valence electrons. The van der Waals surface area contributed by atoms with Crippen molar-refractivity contribution in [3.8, 4) is 11.5 Å². The fourth-order valence-electron chi connectivity index (χ4n) is 3.34. The van der Waals surface area contributed by atoms with Crippen LogP contribution in [-0.2, 0) is 16.0 Å². The molecule has 0 radical (unpaired) electrons. The number of fused-ring (bicyclic) bond motifs is 1. The molecule has 0 saturated heterocycles. The number of nitrogens with zero attached hydrogens (tertiary/aromatic N) is 2. The Kier molecular flexibility index (Phi) is 6.03. The van der Waals surface area contributed by atoms with Gasteiger partial charge in [-0.3, -0.25) is 4.79 Å². The number of aromatic amines is 1. The zero-order valence-corrected chi connectivity index (χ0v) is 16.2. The average molecular weight is 388 g/mol. The van der Waals surface area contributed by atoms with Crippen molar-refractivity contribution in [2.24, 2.45) is 0 Å². The molecular formula is C19H24N4O5. The van der Waals surface area contributed by atoms with Gasteiger partial charge in [-0.25, -0.2) is 9.78 Å². The fourth-order valence-corrected chi connectivity index (χ4v) is 3.34. The zero-order chi connectivity index (χ0) is 20.1. The third kappa shape index (κ3) is 3.88. The largest absolute Gasteiger partial charge is 0.497 e. The lowest BCUT2D eigenvalue weighted by molar-refractivity contribution is -0.140. The molecule has 9 nitrogen and oxygen atoms in total. The van der Waals surface area contributed by atoms with Gasteiger partial charge in [0.15, 0.2) is 0 Å². The highest BCUT2D eigenvalue weighted by molar-refractivity contribution is 5.77. The lowest BCUT2D eigenvalue weighted by atomic mass is 9.95. The summed E-state index contributed by atoms with van der Waals surface area (Å²) in [6, 6.07) is 4.73. The molecule has 1 aliphatic rings. The number of hydrogen-bond donors (Lipinski definition) is 2. The van der Waals surface area contributed by atoms with Crippen LogP contribution in [0.5, 0.6) is 11.5 Å². The van der Waals surface area contributed by atoms with Gasteiger partial charge in [0.05, 0.1) is 39.8 Å². The number of rotatable bonds is 6. The van der Waals surface area contributed by atoms with Crippen molar-refractivity contribution in [3.63, 3.8) is 0 Å². The Morgan fingerprint density at radius 2 is 2.11 bits per heavy atom. The van der Waals surface area contributed by atoms with Crippen LogP contribution >= 0.6 is 0 Å². The van der Waals surface area contributed by atoms with E-state index in [4.69, 9.17) is 9.47 Å². The third-order valence-electron chi connectivity index (χ3n) is 4.75. The van der Waals surface area contributed by atoms with Crippen LogP contribution in [0, 0.1) is 0 Å². The predicted octanol–water partition coefficient (Wildman–Crippen LogP) is 1.65. The molecule has 1 aromatic heterocycles. The molecule has 28 heavy (non-hydrogen) atoms. The van der Waals surface area contributed by atoms with Gasteiger partial charge in [0.1, 0.15) is 17.5 Å². The number of ether oxygens (including phenoxy) is 3. The van der Waals surface area contributed by atoms with Gasteiger partial charge >= 0.3 is 12.0 Å². The van der Waals surface area contributed by atoms with Crippen LogP contribution in [0.1, 0.15) is 29.4 Å². The van der Waals surface area contributed by atoms with Crippen molar-refractivity contribution < 1.29 is 23.8 Å². The standard InChI is InChI=1S/C19H24N4O5/c1-26-12-4-5-15(27-2)13(10-12)18-17-14(21-11-22-17)7-9-23(18)19(25)20-8-6-16(24)28-3/h4-5,10-11,18H,6-9H2,1-3H3,(H,20,25)(H,21,22)/t18-/m1/s1. The first-order chi connectivity index (χ1) is 13.6. The molecule has 1 aliphatic heterocycles. The number of carbonyl (C=O) groups is 2. The van der Waals surface area contributed by atoms with Gasteiger partial charge in [-0.1, -0.05) is 0 Å². The maximum absolute atomic E-state index is 12.9.